The van der Waals surface area contributed by atoms with Crippen molar-refractivity contribution in [3.63, 3.8) is 0 Å². The molecule has 0 unspecified atom stereocenters. The molecule has 0 aromatic rings. The van der Waals surface area contributed by atoms with E-state index < -0.39 is 8.97 Å². The van der Waals surface area contributed by atoms with Crippen molar-refractivity contribution in [2.24, 2.45) is 5.92 Å². The van der Waals surface area contributed by atoms with Gasteiger partial charge < -0.3 is 13.3 Å². The molecule has 0 bridgehead atoms. The maximum absolute atomic E-state index is 6.24. The van der Waals surface area contributed by atoms with E-state index in [2.05, 4.69) is 39.2 Å². The summed E-state index contributed by atoms with van der Waals surface area (Å²) >= 11 is 0. The highest BCUT2D eigenvalue weighted by Crippen LogP contribution is 2.46. The first-order valence-corrected chi connectivity index (χ1v) is 11.1. The molecular weight excluding hydrogens is 306 g/mol. The lowest BCUT2D eigenvalue weighted by Crippen LogP contribution is -2.75. The van der Waals surface area contributed by atoms with Crippen molar-refractivity contribution in [2.75, 3.05) is 19.8 Å². The zero-order chi connectivity index (χ0) is 17.7. The zero-order valence-corrected chi connectivity index (χ0v) is 17.7. The number of rotatable bonds is 9. The Morgan fingerprint density at radius 3 is 1.52 bits per heavy atom. The Balaban J connectivity index is 3.25. The van der Waals surface area contributed by atoms with Crippen LogP contribution in [0.3, 0.4) is 0 Å². The van der Waals surface area contributed by atoms with Crippen LogP contribution < -0.4 is 0 Å². The molecular formula is C18H39NO3Si. The lowest BCUT2D eigenvalue weighted by Gasteiger charge is -2.59. The molecule has 23 heavy (non-hydrogen) atoms. The Bertz CT molecular complexity index is 325. The third-order valence-electron chi connectivity index (χ3n) is 4.74. The van der Waals surface area contributed by atoms with Crippen LogP contribution in [-0.4, -0.2) is 44.4 Å². The van der Waals surface area contributed by atoms with Crippen LogP contribution in [0.2, 0.25) is 0 Å². The highest BCUT2D eigenvalue weighted by atomic mass is 28.4. The van der Waals surface area contributed by atoms with Gasteiger partial charge in [0.2, 0.25) is 0 Å². The molecule has 1 rings (SSSR count). The van der Waals surface area contributed by atoms with Crippen molar-refractivity contribution in [3.05, 3.63) is 0 Å². The monoisotopic (exact) mass is 345 g/mol. The molecule has 5 heteroatoms. The minimum absolute atomic E-state index is 0.00726. The van der Waals surface area contributed by atoms with Gasteiger partial charge in [-0.3, -0.25) is 0 Å². The molecule has 0 spiro atoms. The van der Waals surface area contributed by atoms with Gasteiger partial charge in [-0.15, -0.1) is 0 Å². The van der Waals surface area contributed by atoms with Crippen molar-refractivity contribution < 1.29 is 13.3 Å². The quantitative estimate of drug-likeness (QED) is 0.571. The van der Waals surface area contributed by atoms with Crippen molar-refractivity contribution in [1.29, 1.82) is 0 Å². The molecule has 0 atom stereocenters. The maximum atomic E-state index is 6.24. The summed E-state index contributed by atoms with van der Waals surface area (Å²) in [6.45, 7) is 19.5. The Morgan fingerprint density at radius 2 is 1.22 bits per heavy atom. The summed E-state index contributed by atoms with van der Waals surface area (Å²) in [5, 5.41) is 0. The van der Waals surface area contributed by atoms with Gasteiger partial charge in [-0.2, -0.15) is 0 Å². The summed E-state index contributed by atoms with van der Waals surface area (Å²) in [5.41, 5.74) is 0.0145. The molecule has 0 aromatic carbocycles. The number of hydrogen-bond donors (Lipinski definition) is 0. The van der Waals surface area contributed by atoms with E-state index in [9.17, 15) is 0 Å². The van der Waals surface area contributed by atoms with E-state index in [1.165, 1.54) is 25.7 Å². The first-order chi connectivity index (χ1) is 10.7. The molecule has 0 N–H and O–H groups in total. The third-order valence-corrected chi connectivity index (χ3v) is 8.46. The van der Waals surface area contributed by atoms with E-state index in [1.807, 2.05) is 20.8 Å². The Labute approximate surface area is 145 Å². The Hall–Kier alpha value is 0.0569. The van der Waals surface area contributed by atoms with Gasteiger partial charge in [0, 0.05) is 30.9 Å². The van der Waals surface area contributed by atoms with Crippen LogP contribution >= 0.6 is 0 Å². The lowest BCUT2D eigenvalue weighted by atomic mass is 9.74. The van der Waals surface area contributed by atoms with Crippen LogP contribution in [0.1, 0.15) is 81.1 Å². The normalized spacial score (nSPS) is 22.4. The molecule has 1 saturated heterocycles. The van der Waals surface area contributed by atoms with Crippen LogP contribution in [0, 0.1) is 5.92 Å². The minimum Gasteiger partial charge on any atom is -0.361 e. The standard InChI is InChI=1S/C18H39NO3Si/c1-9-13-16-14-17(5,6)19(18(7,8)15-16)23(20-10-2,21-11-3)22-12-4/h16H,9-15H2,1-8H3. The molecule has 0 radical (unpaired) electrons. The fourth-order valence-corrected chi connectivity index (χ4v) is 8.10. The van der Waals surface area contributed by atoms with E-state index >= 15 is 0 Å². The van der Waals surface area contributed by atoms with Gasteiger partial charge >= 0.3 is 8.97 Å². The van der Waals surface area contributed by atoms with Gasteiger partial charge in [0.15, 0.2) is 0 Å². The van der Waals surface area contributed by atoms with E-state index in [0.717, 1.165) is 5.92 Å². The average molecular weight is 346 g/mol. The zero-order valence-electron chi connectivity index (χ0n) is 16.7. The molecule has 0 saturated carbocycles. The summed E-state index contributed by atoms with van der Waals surface area (Å²) in [7, 11) is -2.88. The molecule has 0 amide bonds. The molecule has 4 nitrogen and oxygen atoms in total. The SMILES string of the molecule is CCCC1CC(C)(C)N([Si](OCC)(OCC)OCC)C(C)(C)C1. The van der Waals surface area contributed by atoms with Crippen LogP contribution in [0.15, 0.2) is 0 Å². The van der Waals surface area contributed by atoms with E-state index in [4.69, 9.17) is 13.3 Å². The predicted molar refractivity (Wildman–Crippen MR) is 98.3 cm³/mol. The molecule has 1 fully saturated rings. The maximum Gasteiger partial charge on any atom is 0.600 e. The molecule has 1 aliphatic rings. The van der Waals surface area contributed by atoms with Crippen LogP contribution in [0.25, 0.3) is 0 Å². The lowest BCUT2D eigenvalue weighted by molar-refractivity contribution is -0.0841. The van der Waals surface area contributed by atoms with Crippen molar-refractivity contribution in [1.82, 2.24) is 4.57 Å². The summed E-state index contributed by atoms with van der Waals surface area (Å²) in [6, 6.07) is 0. The first kappa shape index (κ1) is 21.1. The van der Waals surface area contributed by atoms with Crippen LogP contribution in [-0.2, 0) is 13.3 Å². The fraction of sp³-hybridized carbons (Fsp3) is 1.00. The molecule has 0 aliphatic carbocycles. The second-order valence-corrected chi connectivity index (χ2v) is 10.2. The van der Waals surface area contributed by atoms with Crippen LogP contribution in [0.4, 0.5) is 0 Å². The number of nitrogens with zero attached hydrogens (tertiary/aromatic N) is 1. The molecule has 0 aromatic heterocycles. The van der Waals surface area contributed by atoms with Gasteiger partial charge in [0.25, 0.3) is 0 Å². The smallest absolute Gasteiger partial charge is 0.361 e. The third kappa shape index (κ3) is 4.79. The van der Waals surface area contributed by atoms with Crippen molar-refractivity contribution >= 4 is 8.97 Å². The first-order valence-electron chi connectivity index (χ1n) is 9.41. The van der Waals surface area contributed by atoms with Crippen LogP contribution in [0.5, 0.6) is 0 Å². The van der Waals surface area contributed by atoms with Crippen molar-refractivity contribution in [3.8, 4) is 0 Å². The van der Waals surface area contributed by atoms with Gasteiger partial charge in [0.1, 0.15) is 0 Å². The molecule has 1 heterocycles. The second kappa shape index (κ2) is 8.43. The summed E-state index contributed by atoms with van der Waals surface area (Å²) in [6.07, 6.45) is 4.90. The van der Waals surface area contributed by atoms with Crippen molar-refractivity contribution in [2.45, 2.75) is 92.2 Å². The summed E-state index contributed by atoms with van der Waals surface area (Å²) in [4.78, 5) is 0. The highest BCUT2D eigenvalue weighted by molar-refractivity contribution is 6.58. The van der Waals surface area contributed by atoms with E-state index in [-0.39, 0.29) is 11.1 Å². The fourth-order valence-electron chi connectivity index (χ4n) is 4.71. The van der Waals surface area contributed by atoms with Gasteiger partial charge in [-0.25, -0.2) is 4.57 Å². The largest absolute Gasteiger partial charge is 0.600 e. The second-order valence-electron chi connectivity index (χ2n) is 7.85. The van der Waals surface area contributed by atoms with E-state index in [0.29, 0.717) is 19.8 Å². The predicted octanol–water partition coefficient (Wildman–Crippen LogP) is 4.60. The average Bonchev–Trinajstić information content (AvgIpc) is 2.36. The molecule has 1 aliphatic heterocycles. The number of piperidine rings is 1. The highest BCUT2D eigenvalue weighted by Gasteiger charge is 2.61. The van der Waals surface area contributed by atoms with Gasteiger partial charge in [0.05, 0.1) is 0 Å². The Kier molecular flexibility index (Phi) is 7.74. The summed E-state index contributed by atoms with van der Waals surface area (Å²) < 4.78 is 21.2. The molecule has 138 valence electrons. The minimum atomic E-state index is -2.88. The summed E-state index contributed by atoms with van der Waals surface area (Å²) in [5.74, 6) is 0.762. The number of hydrogen-bond acceptors (Lipinski definition) is 4. The topological polar surface area (TPSA) is 30.9 Å². The Morgan fingerprint density at radius 1 is 0.826 bits per heavy atom. The van der Waals surface area contributed by atoms with E-state index in [1.54, 1.807) is 0 Å². The van der Waals surface area contributed by atoms with Gasteiger partial charge in [-0.1, -0.05) is 19.8 Å². The van der Waals surface area contributed by atoms with Gasteiger partial charge in [-0.05, 0) is 67.2 Å².